The molecule has 108 valence electrons. The van der Waals surface area contributed by atoms with Crippen molar-refractivity contribution in [3.8, 4) is 5.75 Å². The minimum absolute atomic E-state index is 0.172. The lowest BCUT2D eigenvalue weighted by Gasteiger charge is -2.10. The largest absolute Gasteiger partial charge is 0.491 e. The molecule has 4 nitrogen and oxygen atoms in total. The first-order chi connectivity index (χ1) is 9.52. The summed E-state index contributed by atoms with van der Waals surface area (Å²) < 4.78 is 5.60. The van der Waals surface area contributed by atoms with Gasteiger partial charge in [0.05, 0.1) is 11.8 Å². The third-order valence-electron chi connectivity index (χ3n) is 2.38. The predicted molar refractivity (Wildman–Crippen MR) is 88.4 cm³/mol. The minimum atomic E-state index is 0.172. The quantitative estimate of drug-likeness (QED) is 0.366. The van der Waals surface area contributed by atoms with Crippen molar-refractivity contribution in [2.45, 2.75) is 26.9 Å². The molecule has 1 aromatic rings. The van der Waals surface area contributed by atoms with E-state index in [9.17, 15) is 0 Å². The monoisotopic (exact) mass is 291 g/mol. The summed E-state index contributed by atoms with van der Waals surface area (Å²) in [7, 11) is 0. The molecule has 2 N–H and O–H groups in total. The Balaban J connectivity index is 2.60. The van der Waals surface area contributed by atoms with Crippen LogP contribution >= 0.6 is 12.2 Å². The van der Waals surface area contributed by atoms with Crippen LogP contribution in [-0.2, 0) is 0 Å². The van der Waals surface area contributed by atoms with E-state index in [2.05, 4.69) is 22.4 Å². The van der Waals surface area contributed by atoms with Gasteiger partial charge in [-0.25, -0.2) is 0 Å². The number of hydrogen-bond acceptors (Lipinski definition) is 3. The number of nitrogens with one attached hydrogen (secondary N) is 2. The molecule has 0 radical (unpaired) electrons. The van der Waals surface area contributed by atoms with Crippen LogP contribution < -0.4 is 15.5 Å². The van der Waals surface area contributed by atoms with Gasteiger partial charge in [-0.05, 0) is 62.8 Å². The molecule has 0 saturated carbocycles. The Labute approximate surface area is 125 Å². The van der Waals surface area contributed by atoms with Crippen molar-refractivity contribution in [3.63, 3.8) is 0 Å². The topological polar surface area (TPSA) is 45.7 Å². The molecular weight excluding hydrogens is 270 g/mol. The van der Waals surface area contributed by atoms with E-state index in [-0.39, 0.29) is 6.10 Å². The highest BCUT2D eigenvalue weighted by Gasteiger charge is 2.01. The number of thiocarbonyl (C=S) groups is 1. The van der Waals surface area contributed by atoms with Crippen molar-refractivity contribution in [2.24, 2.45) is 5.10 Å². The smallest absolute Gasteiger partial charge is 0.187 e. The van der Waals surface area contributed by atoms with Crippen LogP contribution in [0.25, 0.3) is 0 Å². The van der Waals surface area contributed by atoms with E-state index in [0.717, 1.165) is 17.0 Å². The van der Waals surface area contributed by atoms with E-state index in [0.29, 0.717) is 11.7 Å². The lowest BCUT2D eigenvalue weighted by atomic mass is 10.1. The summed E-state index contributed by atoms with van der Waals surface area (Å²) in [5.41, 5.74) is 4.66. The maximum atomic E-state index is 5.60. The molecule has 0 bridgehead atoms. The fourth-order valence-electron chi connectivity index (χ4n) is 1.45. The van der Waals surface area contributed by atoms with Crippen LogP contribution in [0.5, 0.6) is 5.75 Å². The number of hydrazone groups is 1. The van der Waals surface area contributed by atoms with Gasteiger partial charge in [0.2, 0.25) is 0 Å². The summed E-state index contributed by atoms with van der Waals surface area (Å²) in [4.78, 5) is 0. The molecule has 0 atom stereocenters. The zero-order chi connectivity index (χ0) is 15.0. The van der Waals surface area contributed by atoms with E-state index in [1.54, 1.807) is 6.08 Å². The van der Waals surface area contributed by atoms with Crippen LogP contribution in [-0.4, -0.2) is 23.5 Å². The lowest BCUT2D eigenvalue weighted by molar-refractivity contribution is 0.242. The van der Waals surface area contributed by atoms with Crippen molar-refractivity contribution in [3.05, 3.63) is 42.5 Å². The van der Waals surface area contributed by atoms with Gasteiger partial charge in [-0.2, -0.15) is 5.10 Å². The summed E-state index contributed by atoms with van der Waals surface area (Å²) in [6.07, 6.45) is 1.91. The molecule has 5 heteroatoms. The van der Waals surface area contributed by atoms with Crippen molar-refractivity contribution in [1.82, 2.24) is 10.7 Å². The lowest BCUT2D eigenvalue weighted by Crippen LogP contribution is -2.32. The van der Waals surface area contributed by atoms with Crippen LogP contribution in [0.15, 0.2) is 42.0 Å². The van der Waals surface area contributed by atoms with Gasteiger partial charge in [-0.15, -0.1) is 6.58 Å². The maximum absolute atomic E-state index is 5.60. The highest BCUT2D eigenvalue weighted by Crippen LogP contribution is 2.14. The SMILES string of the molecule is C=CCNC(=S)N/N=C(/C)c1ccc(OC(C)C)cc1. The van der Waals surface area contributed by atoms with Crippen LogP contribution in [0.3, 0.4) is 0 Å². The summed E-state index contributed by atoms with van der Waals surface area (Å²) in [5, 5.41) is 7.65. The molecule has 0 aliphatic heterocycles. The third-order valence-corrected chi connectivity index (χ3v) is 2.61. The average molecular weight is 291 g/mol. The fourth-order valence-corrected chi connectivity index (χ4v) is 1.58. The number of rotatable bonds is 6. The molecule has 0 aromatic heterocycles. The first kappa shape index (κ1) is 16.2. The highest BCUT2D eigenvalue weighted by atomic mass is 32.1. The Morgan fingerprint density at radius 1 is 1.40 bits per heavy atom. The van der Waals surface area contributed by atoms with Gasteiger partial charge in [-0.3, -0.25) is 5.43 Å². The highest BCUT2D eigenvalue weighted by molar-refractivity contribution is 7.80. The Kier molecular flexibility index (Phi) is 6.73. The normalized spacial score (nSPS) is 11.1. The zero-order valence-corrected chi connectivity index (χ0v) is 13.0. The van der Waals surface area contributed by atoms with E-state index in [1.807, 2.05) is 45.0 Å². The van der Waals surface area contributed by atoms with Crippen LogP contribution in [0.2, 0.25) is 0 Å². The van der Waals surface area contributed by atoms with Crippen molar-refractivity contribution >= 4 is 23.0 Å². The van der Waals surface area contributed by atoms with Gasteiger partial charge in [0.25, 0.3) is 0 Å². The van der Waals surface area contributed by atoms with E-state index >= 15 is 0 Å². The molecule has 0 aliphatic carbocycles. The van der Waals surface area contributed by atoms with Gasteiger partial charge >= 0.3 is 0 Å². The minimum Gasteiger partial charge on any atom is -0.491 e. The van der Waals surface area contributed by atoms with Gasteiger partial charge in [0, 0.05) is 6.54 Å². The first-order valence-electron chi connectivity index (χ1n) is 6.49. The molecule has 0 saturated heterocycles. The molecule has 1 rings (SSSR count). The van der Waals surface area contributed by atoms with Gasteiger partial charge < -0.3 is 10.1 Å². The second kappa shape index (κ2) is 8.32. The Bertz CT molecular complexity index is 480. The Morgan fingerprint density at radius 2 is 2.05 bits per heavy atom. The number of nitrogens with zero attached hydrogens (tertiary/aromatic N) is 1. The van der Waals surface area contributed by atoms with Crippen LogP contribution in [0.4, 0.5) is 0 Å². The second-order valence-corrected chi connectivity index (χ2v) is 4.91. The Morgan fingerprint density at radius 3 is 2.60 bits per heavy atom. The van der Waals surface area contributed by atoms with Crippen LogP contribution in [0, 0.1) is 0 Å². The van der Waals surface area contributed by atoms with E-state index in [4.69, 9.17) is 17.0 Å². The fraction of sp³-hybridized carbons (Fsp3) is 0.333. The Hall–Kier alpha value is -1.88. The molecule has 0 aliphatic rings. The van der Waals surface area contributed by atoms with E-state index < -0.39 is 0 Å². The summed E-state index contributed by atoms with van der Waals surface area (Å²) in [6, 6.07) is 7.81. The second-order valence-electron chi connectivity index (χ2n) is 4.50. The molecule has 0 spiro atoms. The number of ether oxygens (including phenoxy) is 1. The molecule has 1 aromatic carbocycles. The standard InChI is InChI=1S/C15H21N3OS/c1-5-10-16-15(20)18-17-12(4)13-6-8-14(9-7-13)19-11(2)3/h5-9,11H,1,10H2,2-4H3,(H2,16,18,20)/b17-12-. The van der Waals surface area contributed by atoms with Gasteiger partial charge in [-0.1, -0.05) is 6.08 Å². The molecule has 0 fully saturated rings. The average Bonchev–Trinajstić information content (AvgIpc) is 2.42. The molecule has 0 heterocycles. The zero-order valence-electron chi connectivity index (χ0n) is 12.1. The maximum Gasteiger partial charge on any atom is 0.187 e. The van der Waals surface area contributed by atoms with E-state index in [1.165, 1.54) is 0 Å². The first-order valence-corrected chi connectivity index (χ1v) is 6.90. The summed E-state index contributed by atoms with van der Waals surface area (Å²) in [6.45, 7) is 10.1. The number of hydrogen-bond donors (Lipinski definition) is 2. The van der Waals surface area contributed by atoms with Crippen molar-refractivity contribution < 1.29 is 4.74 Å². The summed E-state index contributed by atoms with van der Waals surface area (Å²) in [5.74, 6) is 0.854. The number of benzene rings is 1. The van der Waals surface area contributed by atoms with Gasteiger partial charge in [0.1, 0.15) is 5.75 Å². The molecule has 0 amide bonds. The summed E-state index contributed by atoms with van der Waals surface area (Å²) >= 11 is 5.06. The molecule has 0 unspecified atom stereocenters. The van der Waals surface area contributed by atoms with Crippen molar-refractivity contribution in [2.75, 3.05) is 6.54 Å². The van der Waals surface area contributed by atoms with Crippen LogP contribution in [0.1, 0.15) is 26.3 Å². The van der Waals surface area contributed by atoms with Crippen molar-refractivity contribution in [1.29, 1.82) is 0 Å². The molecule has 20 heavy (non-hydrogen) atoms. The third kappa shape index (κ3) is 5.84. The molecular formula is C15H21N3OS. The predicted octanol–water partition coefficient (Wildman–Crippen LogP) is 2.85. The van der Waals surface area contributed by atoms with Gasteiger partial charge in [0.15, 0.2) is 5.11 Å².